The van der Waals surface area contributed by atoms with E-state index in [-0.39, 0.29) is 30.0 Å². The lowest BCUT2D eigenvalue weighted by Crippen LogP contribution is -2.55. The molecule has 216 valence electrons. The van der Waals surface area contributed by atoms with Crippen molar-refractivity contribution < 1.29 is 23.9 Å². The molecule has 0 saturated carbocycles. The minimum Gasteiger partial charge on any atom is -0.476 e. The molecule has 1 aromatic carbocycles. The van der Waals surface area contributed by atoms with E-state index in [1.807, 2.05) is 64.7 Å². The van der Waals surface area contributed by atoms with E-state index in [2.05, 4.69) is 6.58 Å². The second-order valence-corrected chi connectivity index (χ2v) is 12.5. The van der Waals surface area contributed by atoms with Crippen molar-refractivity contribution in [2.75, 3.05) is 24.5 Å². The zero-order valence-electron chi connectivity index (χ0n) is 25.1. The predicted molar refractivity (Wildman–Crippen MR) is 154 cm³/mol. The zero-order valence-corrected chi connectivity index (χ0v) is 25.1. The number of piperidine rings is 1. The largest absolute Gasteiger partial charge is 0.476 e. The number of likely N-dealkylation sites (tertiary alicyclic amines) is 1. The Morgan fingerprint density at radius 1 is 1.26 bits per heavy atom. The van der Waals surface area contributed by atoms with Gasteiger partial charge in [0, 0.05) is 31.2 Å². The summed E-state index contributed by atoms with van der Waals surface area (Å²) in [6.45, 7) is 20.4. The van der Waals surface area contributed by atoms with Crippen molar-refractivity contribution in [3.05, 3.63) is 35.9 Å². The van der Waals surface area contributed by atoms with Gasteiger partial charge in [-0.3, -0.25) is 9.59 Å². The van der Waals surface area contributed by atoms with Crippen molar-refractivity contribution in [3.63, 3.8) is 0 Å². The molecule has 8 nitrogen and oxygen atoms in total. The predicted octanol–water partition coefficient (Wildman–Crippen LogP) is 6.11. The summed E-state index contributed by atoms with van der Waals surface area (Å²) < 4.78 is 11.7. The number of anilines is 1. The van der Waals surface area contributed by atoms with Gasteiger partial charge in [0.2, 0.25) is 0 Å². The Balaban J connectivity index is 1.92. The molecule has 1 saturated heterocycles. The Morgan fingerprint density at radius 2 is 1.95 bits per heavy atom. The number of unbranched alkanes of at least 4 members (excludes halogenated alkanes) is 2. The van der Waals surface area contributed by atoms with Crippen molar-refractivity contribution in [1.82, 2.24) is 9.80 Å². The van der Waals surface area contributed by atoms with Crippen LogP contribution < -0.4 is 9.64 Å². The molecule has 0 radical (unpaired) electrons. The number of allylic oxidation sites excluding steroid dienone is 1. The summed E-state index contributed by atoms with van der Waals surface area (Å²) >= 11 is 0. The number of hydrogen-bond donors (Lipinski definition) is 0. The van der Waals surface area contributed by atoms with Crippen molar-refractivity contribution in [2.24, 2.45) is 0 Å². The standard InChI is InChI=1S/C31H47N3O5/c1-10-11-12-13-17-33-25-19-24(22(4)18-26(25)38-31(8,9)28(33)36)27(35)34(21(2)3)23-15-14-16-32(20-23)29(37)39-30(5,6)7/h10,18-19,21,23H,1,11-17,20H2,2-9H3/t23-/m1/s1. The molecule has 0 aromatic heterocycles. The highest BCUT2D eigenvalue weighted by atomic mass is 16.6. The lowest BCUT2D eigenvalue weighted by molar-refractivity contribution is -0.132. The first-order valence-corrected chi connectivity index (χ1v) is 14.2. The van der Waals surface area contributed by atoms with E-state index in [1.165, 1.54) is 0 Å². The molecule has 0 unspecified atom stereocenters. The van der Waals surface area contributed by atoms with E-state index >= 15 is 0 Å². The lowest BCUT2D eigenvalue weighted by Gasteiger charge is -2.42. The third-order valence-corrected chi connectivity index (χ3v) is 7.22. The van der Waals surface area contributed by atoms with Crippen LogP contribution in [-0.4, -0.2) is 70.6 Å². The minimum absolute atomic E-state index is 0.0802. The van der Waals surface area contributed by atoms with Gasteiger partial charge in [0.15, 0.2) is 5.60 Å². The molecular formula is C31H47N3O5. The van der Waals surface area contributed by atoms with Crippen LogP contribution in [0.4, 0.5) is 10.5 Å². The zero-order chi connectivity index (χ0) is 29.1. The van der Waals surface area contributed by atoms with Gasteiger partial charge in [0.1, 0.15) is 11.4 Å². The molecule has 3 amide bonds. The molecule has 2 aliphatic heterocycles. The summed E-state index contributed by atoms with van der Waals surface area (Å²) in [6.07, 6.45) is 5.77. The fraction of sp³-hybridized carbons (Fsp3) is 0.645. The highest BCUT2D eigenvalue weighted by Gasteiger charge is 2.42. The summed E-state index contributed by atoms with van der Waals surface area (Å²) in [6, 6.07) is 3.47. The van der Waals surface area contributed by atoms with Gasteiger partial charge >= 0.3 is 6.09 Å². The third-order valence-electron chi connectivity index (χ3n) is 7.22. The number of hydrogen-bond acceptors (Lipinski definition) is 5. The molecule has 1 aromatic rings. The number of carbonyl (C=O) groups excluding carboxylic acids is 3. The average Bonchev–Trinajstić information content (AvgIpc) is 2.82. The van der Waals surface area contributed by atoms with Gasteiger partial charge in [-0.25, -0.2) is 4.79 Å². The maximum atomic E-state index is 14.1. The average molecular weight is 542 g/mol. The Morgan fingerprint density at radius 3 is 2.56 bits per heavy atom. The number of nitrogens with zero attached hydrogens (tertiary/aromatic N) is 3. The molecule has 1 atom stereocenters. The lowest BCUT2D eigenvalue weighted by atomic mass is 9.97. The summed E-state index contributed by atoms with van der Waals surface area (Å²) in [5.74, 6) is 0.393. The number of benzene rings is 1. The molecule has 0 aliphatic carbocycles. The van der Waals surface area contributed by atoms with Crippen LogP contribution in [0.1, 0.15) is 96.5 Å². The molecule has 0 spiro atoms. The summed E-state index contributed by atoms with van der Waals surface area (Å²) in [4.78, 5) is 45.7. The highest BCUT2D eigenvalue weighted by Crippen LogP contribution is 2.40. The molecule has 2 heterocycles. The van der Waals surface area contributed by atoms with Crippen LogP contribution in [0, 0.1) is 6.92 Å². The highest BCUT2D eigenvalue weighted by molar-refractivity contribution is 6.05. The summed E-state index contributed by atoms with van der Waals surface area (Å²) in [5, 5.41) is 0. The van der Waals surface area contributed by atoms with Crippen molar-refractivity contribution in [3.8, 4) is 5.75 Å². The maximum Gasteiger partial charge on any atom is 0.410 e. The Labute approximate surface area is 234 Å². The Bertz CT molecular complexity index is 1090. The van der Waals surface area contributed by atoms with E-state index in [1.54, 1.807) is 23.6 Å². The van der Waals surface area contributed by atoms with E-state index in [0.29, 0.717) is 36.6 Å². The second-order valence-electron chi connectivity index (χ2n) is 12.5. The van der Waals surface area contributed by atoms with E-state index in [4.69, 9.17) is 9.47 Å². The van der Waals surface area contributed by atoms with Gasteiger partial charge in [-0.1, -0.05) is 6.08 Å². The summed E-state index contributed by atoms with van der Waals surface area (Å²) in [5.41, 5.74) is 0.406. The first kappa shape index (κ1) is 30.5. The molecule has 3 rings (SSSR count). The van der Waals surface area contributed by atoms with Crippen LogP contribution in [0.25, 0.3) is 0 Å². The van der Waals surface area contributed by atoms with Gasteiger partial charge in [-0.05, 0) is 105 Å². The SMILES string of the molecule is C=CCCCCN1C(=O)C(C)(C)Oc2cc(C)c(C(=O)N(C(C)C)[C@@H]3CCCN(C(=O)OC(C)(C)C)C3)cc21. The van der Waals surface area contributed by atoms with Gasteiger partial charge in [-0.15, -0.1) is 6.58 Å². The van der Waals surface area contributed by atoms with Crippen LogP contribution >= 0.6 is 0 Å². The number of amides is 3. The first-order chi connectivity index (χ1) is 18.2. The fourth-order valence-electron chi connectivity index (χ4n) is 5.36. The number of ether oxygens (including phenoxy) is 2. The third kappa shape index (κ3) is 7.14. The van der Waals surface area contributed by atoms with Crippen molar-refractivity contribution in [2.45, 2.75) is 111 Å². The van der Waals surface area contributed by atoms with Crippen molar-refractivity contribution in [1.29, 1.82) is 0 Å². The molecule has 0 bridgehead atoms. The topological polar surface area (TPSA) is 79.4 Å². The number of rotatable bonds is 8. The number of carbonyl (C=O) groups is 3. The minimum atomic E-state index is -0.986. The van der Waals surface area contributed by atoms with Crippen LogP contribution in [-0.2, 0) is 9.53 Å². The molecule has 8 heteroatoms. The van der Waals surface area contributed by atoms with Gasteiger partial charge in [0.05, 0.1) is 11.7 Å². The van der Waals surface area contributed by atoms with Crippen LogP contribution in [0.3, 0.4) is 0 Å². The number of aryl methyl sites for hydroxylation is 1. The smallest absolute Gasteiger partial charge is 0.410 e. The Kier molecular flexibility index (Phi) is 9.39. The first-order valence-electron chi connectivity index (χ1n) is 14.2. The van der Waals surface area contributed by atoms with E-state index in [9.17, 15) is 14.4 Å². The van der Waals surface area contributed by atoms with Crippen molar-refractivity contribution >= 4 is 23.6 Å². The van der Waals surface area contributed by atoms with Gasteiger partial charge < -0.3 is 24.2 Å². The molecule has 1 fully saturated rings. The second kappa shape index (κ2) is 12.0. The quantitative estimate of drug-likeness (QED) is 0.293. The molecule has 39 heavy (non-hydrogen) atoms. The summed E-state index contributed by atoms with van der Waals surface area (Å²) in [7, 11) is 0. The van der Waals surface area contributed by atoms with Crippen LogP contribution in [0.5, 0.6) is 5.75 Å². The van der Waals surface area contributed by atoms with Crippen LogP contribution in [0.15, 0.2) is 24.8 Å². The van der Waals surface area contributed by atoms with Crippen LogP contribution in [0.2, 0.25) is 0 Å². The molecular weight excluding hydrogens is 494 g/mol. The monoisotopic (exact) mass is 541 g/mol. The molecule has 2 aliphatic rings. The fourth-order valence-corrected chi connectivity index (χ4v) is 5.36. The molecule has 0 N–H and O–H groups in total. The van der Waals surface area contributed by atoms with E-state index < -0.39 is 11.2 Å². The van der Waals surface area contributed by atoms with Gasteiger partial charge in [-0.2, -0.15) is 0 Å². The van der Waals surface area contributed by atoms with Gasteiger partial charge in [0.25, 0.3) is 11.8 Å². The number of fused-ring (bicyclic) bond motifs is 1. The Hall–Kier alpha value is -3.03. The maximum absolute atomic E-state index is 14.1. The normalized spacial score (nSPS) is 18.9. The van der Waals surface area contributed by atoms with E-state index in [0.717, 1.165) is 37.7 Å².